The second-order valence-corrected chi connectivity index (χ2v) is 9.08. The summed E-state index contributed by atoms with van der Waals surface area (Å²) in [5, 5.41) is 2.48. The highest BCUT2D eigenvalue weighted by atomic mass is 15.1. The number of fused-ring (bicyclic) bond motifs is 1. The van der Waals surface area contributed by atoms with Gasteiger partial charge in [0.05, 0.1) is 0 Å². The Morgan fingerprint density at radius 2 is 0.892 bits per heavy atom. The van der Waals surface area contributed by atoms with Crippen molar-refractivity contribution < 1.29 is 0 Å². The quantitative estimate of drug-likeness (QED) is 0.218. The lowest BCUT2D eigenvalue weighted by molar-refractivity contribution is 1.29. The predicted molar refractivity (Wildman–Crippen MR) is 158 cm³/mol. The van der Waals surface area contributed by atoms with Gasteiger partial charge in [0, 0.05) is 17.1 Å². The van der Waals surface area contributed by atoms with Gasteiger partial charge in [-0.05, 0) is 75.5 Å². The van der Waals surface area contributed by atoms with Crippen molar-refractivity contribution in [2.24, 2.45) is 0 Å². The third-order valence-electron chi connectivity index (χ3n) is 6.64. The molecule has 1 nitrogen and oxygen atoms in total. The highest BCUT2D eigenvalue weighted by Gasteiger charge is 2.13. The van der Waals surface area contributed by atoms with Crippen LogP contribution in [0.15, 0.2) is 158 Å². The topological polar surface area (TPSA) is 3.24 Å². The molecule has 0 saturated carbocycles. The van der Waals surface area contributed by atoms with Gasteiger partial charge in [-0.25, -0.2) is 0 Å². The molecule has 176 valence electrons. The molecular weight excluding hydrogens is 446 g/mol. The Morgan fingerprint density at radius 3 is 1.51 bits per heavy atom. The molecule has 37 heavy (non-hydrogen) atoms. The number of hydrogen-bond donors (Lipinski definition) is 0. The average Bonchev–Trinajstić information content (AvgIpc) is 2.98. The molecule has 1 heteroatoms. The van der Waals surface area contributed by atoms with Crippen LogP contribution in [0.2, 0.25) is 0 Å². The summed E-state index contributed by atoms with van der Waals surface area (Å²) in [5.74, 6) is 0. The second kappa shape index (κ2) is 10.4. The lowest BCUT2D eigenvalue weighted by atomic mass is 9.95. The number of para-hydroxylation sites is 1. The van der Waals surface area contributed by atoms with Crippen LogP contribution in [0.1, 0.15) is 16.7 Å². The van der Waals surface area contributed by atoms with Crippen LogP contribution in [0.4, 0.5) is 17.1 Å². The van der Waals surface area contributed by atoms with Crippen LogP contribution in [0, 0.1) is 0 Å². The minimum atomic E-state index is 1.12. The molecule has 0 aliphatic heterocycles. The molecule has 0 bridgehead atoms. The summed E-state index contributed by atoms with van der Waals surface area (Å²) in [4.78, 5) is 2.31. The molecule has 0 aromatic heterocycles. The fraction of sp³-hybridized carbons (Fsp3) is 0. The van der Waals surface area contributed by atoms with Crippen LogP contribution in [-0.4, -0.2) is 0 Å². The van der Waals surface area contributed by atoms with Gasteiger partial charge >= 0.3 is 0 Å². The molecule has 6 aromatic rings. The largest absolute Gasteiger partial charge is 0.310 e. The van der Waals surface area contributed by atoms with E-state index < -0.39 is 0 Å². The van der Waals surface area contributed by atoms with E-state index in [2.05, 4.69) is 169 Å². The van der Waals surface area contributed by atoms with Gasteiger partial charge in [0.15, 0.2) is 0 Å². The van der Waals surface area contributed by atoms with E-state index >= 15 is 0 Å². The fourth-order valence-corrected chi connectivity index (χ4v) is 4.80. The monoisotopic (exact) mass is 473 g/mol. The summed E-state index contributed by atoms with van der Waals surface area (Å²) < 4.78 is 0. The van der Waals surface area contributed by atoms with E-state index in [9.17, 15) is 0 Å². The Hall–Kier alpha value is -4.88. The van der Waals surface area contributed by atoms with E-state index in [1.165, 1.54) is 27.5 Å². The lowest BCUT2D eigenvalue weighted by Crippen LogP contribution is -2.09. The molecular formula is C36H27N. The normalized spacial score (nSPS) is 10.7. The Kier molecular flexibility index (Phi) is 6.34. The van der Waals surface area contributed by atoms with Crippen molar-refractivity contribution in [2.45, 2.75) is 0 Å². The van der Waals surface area contributed by atoms with Crippen LogP contribution in [0.25, 0.3) is 22.4 Å². The zero-order valence-electron chi connectivity index (χ0n) is 20.5. The van der Waals surface area contributed by atoms with Crippen LogP contribution in [0.3, 0.4) is 0 Å². The maximum atomic E-state index is 2.31. The van der Waals surface area contributed by atoms with Gasteiger partial charge in [-0.3, -0.25) is 0 Å². The Balaban J connectivity index is 1.41. The van der Waals surface area contributed by atoms with E-state index in [0.29, 0.717) is 0 Å². The standard InChI is InChI=1S/C36H27N/c1-4-13-30(14-5-1)36(31-15-6-2-7-16-31)26-28-20-23-34(24-21-28)37(33-18-8-3-9-19-33)35-25-22-29-12-10-11-17-32(29)27-35/h1-27H. The molecule has 6 rings (SSSR count). The van der Waals surface area contributed by atoms with Gasteiger partial charge in [0.25, 0.3) is 0 Å². The Labute approximate surface area is 218 Å². The van der Waals surface area contributed by atoms with Gasteiger partial charge in [-0.2, -0.15) is 0 Å². The minimum Gasteiger partial charge on any atom is -0.310 e. The van der Waals surface area contributed by atoms with E-state index in [1.807, 2.05) is 0 Å². The van der Waals surface area contributed by atoms with Crippen molar-refractivity contribution in [3.63, 3.8) is 0 Å². The minimum absolute atomic E-state index is 1.12. The Bertz CT molecular complexity index is 1590. The first-order chi connectivity index (χ1) is 18.3. The molecule has 0 radical (unpaired) electrons. The van der Waals surface area contributed by atoms with Crippen molar-refractivity contribution in [3.05, 3.63) is 174 Å². The summed E-state index contributed by atoms with van der Waals surface area (Å²) in [6.45, 7) is 0. The number of hydrogen-bond acceptors (Lipinski definition) is 1. The summed E-state index contributed by atoms with van der Waals surface area (Å²) in [6, 6.07) is 55.7. The van der Waals surface area contributed by atoms with Gasteiger partial charge in [0.1, 0.15) is 0 Å². The molecule has 0 fully saturated rings. The third kappa shape index (κ3) is 4.94. The smallest absolute Gasteiger partial charge is 0.0468 e. The summed E-state index contributed by atoms with van der Waals surface area (Å²) in [5.41, 5.74) is 8.19. The highest BCUT2D eigenvalue weighted by molar-refractivity contribution is 5.92. The number of benzene rings is 6. The van der Waals surface area contributed by atoms with E-state index in [4.69, 9.17) is 0 Å². The molecule has 0 unspecified atom stereocenters. The van der Waals surface area contributed by atoms with Crippen molar-refractivity contribution in [1.82, 2.24) is 0 Å². The molecule has 0 saturated heterocycles. The van der Waals surface area contributed by atoms with E-state index in [-0.39, 0.29) is 0 Å². The highest BCUT2D eigenvalue weighted by Crippen LogP contribution is 2.36. The van der Waals surface area contributed by atoms with Gasteiger partial charge < -0.3 is 4.90 Å². The van der Waals surface area contributed by atoms with Crippen LogP contribution in [-0.2, 0) is 0 Å². The maximum Gasteiger partial charge on any atom is 0.0468 e. The molecule has 6 aromatic carbocycles. The third-order valence-corrected chi connectivity index (χ3v) is 6.64. The average molecular weight is 474 g/mol. The van der Waals surface area contributed by atoms with Crippen molar-refractivity contribution in [2.75, 3.05) is 4.90 Å². The molecule has 0 amide bonds. The molecule has 0 aliphatic carbocycles. The first-order valence-electron chi connectivity index (χ1n) is 12.6. The van der Waals surface area contributed by atoms with Gasteiger partial charge in [0.2, 0.25) is 0 Å². The van der Waals surface area contributed by atoms with Crippen molar-refractivity contribution >= 4 is 39.5 Å². The van der Waals surface area contributed by atoms with Crippen molar-refractivity contribution in [1.29, 1.82) is 0 Å². The van der Waals surface area contributed by atoms with Crippen LogP contribution >= 0.6 is 0 Å². The SMILES string of the molecule is C(=C(c1ccccc1)c1ccccc1)c1ccc(N(c2ccccc2)c2ccc3ccccc3c2)cc1. The van der Waals surface area contributed by atoms with E-state index in [1.54, 1.807) is 0 Å². The number of rotatable bonds is 6. The van der Waals surface area contributed by atoms with Crippen LogP contribution < -0.4 is 4.90 Å². The zero-order valence-corrected chi connectivity index (χ0v) is 20.5. The lowest BCUT2D eigenvalue weighted by Gasteiger charge is -2.26. The summed E-state index contributed by atoms with van der Waals surface area (Å²) in [6.07, 6.45) is 2.28. The number of nitrogens with zero attached hydrogens (tertiary/aromatic N) is 1. The molecule has 0 aliphatic rings. The van der Waals surface area contributed by atoms with Gasteiger partial charge in [-0.15, -0.1) is 0 Å². The zero-order chi connectivity index (χ0) is 24.9. The first-order valence-corrected chi connectivity index (χ1v) is 12.6. The Morgan fingerprint density at radius 1 is 0.405 bits per heavy atom. The molecule has 0 spiro atoms. The molecule has 0 heterocycles. The number of anilines is 3. The predicted octanol–water partition coefficient (Wildman–Crippen LogP) is 9.90. The van der Waals surface area contributed by atoms with E-state index in [0.717, 1.165) is 22.6 Å². The fourth-order valence-electron chi connectivity index (χ4n) is 4.80. The first kappa shape index (κ1) is 22.6. The summed E-state index contributed by atoms with van der Waals surface area (Å²) in [7, 11) is 0. The van der Waals surface area contributed by atoms with Gasteiger partial charge in [-0.1, -0.05) is 121 Å². The maximum absolute atomic E-state index is 2.31. The summed E-state index contributed by atoms with van der Waals surface area (Å²) >= 11 is 0. The molecule has 0 N–H and O–H groups in total. The second-order valence-electron chi connectivity index (χ2n) is 9.08. The van der Waals surface area contributed by atoms with Crippen molar-refractivity contribution in [3.8, 4) is 0 Å². The van der Waals surface area contributed by atoms with Crippen LogP contribution in [0.5, 0.6) is 0 Å². The molecule has 0 atom stereocenters.